The molecule has 1 saturated heterocycles. The molecule has 0 unspecified atom stereocenters. The summed E-state index contributed by atoms with van der Waals surface area (Å²) in [4.78, 5) is 15.8. The molecule has 1 fully saturated rings. The van der Waals surface area contributed by atoms with Gasteiger partial charge in [-0.25, -0.2) is 12.8 Å². The number of benzene rings is 4. The molecule has 6 heteroatoms. The molecule has 1 aliphatic heterocycles. The molecule has 1 amide bonds. The fraction of sp³-hybridized carbons (Fsp3) is 0.167. The first-order valence-electron chi connectivity index (χ1n) is 11.7. The number of carbonyl (C=O) groups excluding carboxylic acids is 1. The monoisotopic (exact) mass is 499 g/mol. The van der Waals surface area contributed by atoms with Gasteiger partial charge in [-0.3, -0.25) is 4.79 Å². The zero-order chi connectivity index (χ0) is 25.5. The van der Waals surface area contributed by atoms with E-state index in [0.717, 1.165) is 16.7 Å². The van der Waals surface area contributed by atoms with Crippen LogP contribution in [0.15, 0.2) is 108 Å². The van der Waals surface area contributed by atoms with Gasteiger partial charge in [0.05, 0.1) is 10.9 Å². The first-order chi connectivity index (χ1) is 17.2. The Labute approximate surface area is 210 Å². The van der Waals surface area contributed by atoms with E-state index in [-0.39, 0.29) is 17.0 Å². The molecule has 182 valence electrons. The topological polar surface area (TPSA) is 54.5 Å². The highest BCUT2D eigenvalue weighted by Crippen LogP contribution is 2.57. The highest BCUT2D eigenvalue weighted by Gasteiger charge is 2.70. The van der Waals surface area contributed by atoms with Crippen molar-refractivity contribution in [2.24, 2.45) is 0 Å². The van der Waals surface area contributed by atoms with Gasteiger partial charge in [0, 0.05) is 6.54 Å². The number of likely N-dealkylation sites (tertiary alicyclic amines) is 1. The van der Waals surface area contributed by atoms with E-state index in [2.05, 4.69) is 0 Å². The van der Waals surface area contributed by atoms with Crippen LogP contribution in [0.4, 0.5) is 4.39 Å². The van der Waals surface area contributed by atoms with Gasteiger partial charge in [0.25, 0.3) is 5.91 Å². The number of carbonyl (C=O) groups is 1. The Morgan fingerprint density at radius 2 is 1.33 bits per heavy atom. The number of amides is 1. The molecular weight excluding hydrogens is 473 g/mol. The second-order valence-electron chi connectivity index (χ2n) is 9.29. The Kier molecular flexibility index (Phi) is 6.00. The molecule has 5 rings (SSSR count). The van der Waals surface area contributed by atoms with Gasteiger partial charge in [0.2, 0.25) is 4.75 Å². The predicted octanol–water partition coefficient (Wildman–Crippen LogP) is 5.90. The Morgan fingerprint density at radius 3 is 1.92 bits per heavy atom. The highest BCUT2D eigenvalue weighted by molar-refractivity contribution is 7.93. The number of rotatable bonds is 6. The predicted molar refractivity (Wildman–Crippen MR) is 137 cm³/mol. The maximum atomic E-state index is 14.5. The number of hydrogen-bond donors (Lipinski definition) is 0. The maximum absolute atomic E-state index is 14.5. The van der Waals surface area contributed by atoms with Crippen molar-refractivity contribution in [1.82, 2.24) is 4.90 Å². The zero-order valence-electron chi connectivity index (χ0n) is 20.1. The summed E-state index contributed by atoms with van der Waals surface area (Å²) >= 11 is 0. The Balaban J connectivity index is 1.76. The molecule has 0 aromatic heterocycles. The lowest BCUT2D eigenvalue weighted by atomic mass is 9.76. The van der Waals surface area contributed by atoms with Gasteiger partial charge in [-0.1, -0.05) is 90.0 Å². The number of aryl methyl sites for hydroxylation is 2. The van der Waals surface area contributed by atoms with Crippen molar-refractivity contribution in [2.45, 2.75) is 36.1 Å². The Morgan fingerprint density at radius 1 is 0.778 bits per heavy atom. The van der Waals surface area contributed by atoms with E-state index in [1.54, 1.807) is 17.0 Å². The summed E-state index contributed by atoms with van der Waals surface area (Å²) in [6.07, 6.45) is 0. The third kappa shape index (κ3) is 3.73. The van der Waals surface area contributed by atoms with Gasteiger partial charge < -0.3 is 4.90 Å². The van der Waals surface area contributed by atoms with Crippen molar-refractivity contribution < 1.29 is 17.6 Å². The molecule has 4 nitrogen and oxygen atoms in total. The fourth-order valence-corrected chi connectivity index (χ4v) is 7.22. The van der Waals surface area contributed by atoms with E-state index >= 15 is 0 Å². The van der Waals surface area contributed by atoms with Crippen LogP contribution < -0.4 is 0 Å². The molecule has 4 aromatic carbocycles. The number of hydrogen-bond acceptors (Lipinski definition) is 3. The van der Waals surface area contributed by atoms with E-state index in [0.29, 0.717) is 5.56 Å². The summed E-state index contributed by atoms with van der Waals surface area (Å²) in [5.41, 5.74) is 3.78. The highest BCUT2D eigenvalue weighted by atomic mass is 32.2. The molecule has 0 spiro atoms. The minimum Gasteiger partial charge on any atom is -0.327 e. The summed E-state index contributed by atoms with van der Waals surface area (Å²) in [5.74, 6) is -1.02. The van der Waals surface area contributed by atoms with Crippen molar-refractivity contribution in [3.05, 3.63) is 137 Å². The average Bonchev–Trinajstić information content (AvgIpc) is 2.88. The Hall–Kier alpha value is -3.77. The normalized spacial score (nSPS) is 19.7. The lowest BCUT2D eigenvalue weighted by Gasteiger charge is -2.55. The van der Waals surface area contributed by atoms with Crippen LogP contribution in [0.3, 0.4) is 0 Å². The third-order valence-electron chi connectivity index (χ3n) is 6.89. The number of β-lactam (4-membered cyclic amide) rings is 1. The molecule has 4 aromatic rings. The van der Waals surface area contributed by atoms with Crippen LogP contribution in [-0.4, -0.2) is 19.2 Å². The number of sulfone groups is 1. The molecule has 2 atom stereocenters. The van der Waals surface area contributed by atoms with E-state index in [4.69, 9.17) is 0 Å². The summed E-state index contributed by atoms with van der Waals surface area (Å²) < 4.78 is 40.9. The molecule has 0 radical (unpaired) electrons. The van der Waals surface area contributed by atoms with Crippen molar-refractivity contribution in [3.63, 3.8) is 0 Å². The molecule has 0 saturated carbocycles. The third-order valence-corrected chi connectivity index (χ3v) is 9.27. The van der Waals surface area contributed by atoms with Crippen molar-refractivity contribution in [2.75, 3.05) is 0 Å². The van der Waals surface area contributed by atoms with Crippen LogP contribution in [0, 0.1) is 19.7 Å². The number of halogens is 1. The fourth-order valence-electron chi connectivity index (χ4n) is 5.01. The largest absolute Gasteiger partial charge is 0.327 e. The van der Waals surface area contributed by atoms with Crippen LogP contribution in [0.5, 0.6) is 0 Å². The van der Waals surface area contributed by atoms with E-state index in [1.807, 2.05) is 68.4 Å². The average molecular weight is 500 g/mol. The lowest BCUT2D eigenvalue weighted by Crippen LogP contribution is -2.68. The molecule has 0 aliphatic carbocycles. The summed E-state index contributed by atoms with van der Waals surface area (Å²) in [6, 6.07) is 28.0. The van der Waals surface area contributed by atoms with Crippen LogP contribution in [0.25, 0.3) is 0 Å². The molecular formula is C30H26FNO3S. The van der Waals surface area contributed by atoms with Crippen molar-refractivity contribution >= 4 is 15.7 Å². The maximum Gasteiger partial charge on any atom is 0.252 e. The standard InChI is InChI=1S/C30H26FNO3S/c1-21-8-12-24(13-9-21)28-30(25-14-16-26(31)17-15-25,36(34,35)27-18-10-22(2)11-19-27)29(33)32(28)20-23-6-4-3-5-7-23/h3-19,28H,20H2,1-2H3/t28-,30+/m0/s1. The first-order valence-corrected chi connectivity index (χ1v) is 13.2. The Bertz CT molecular complexity index is 1500. The molecule has 36 heavy (non-hydrogen) atoms. The van der Waals surface area contributed by atoms with Gasteiger partial charge in [-0.05, 0) is 54.8 Å². The molecule has 0 bridgehead atoms. The van der Waals surface area contributed by atoms with Gasteiger partial charge in [0.1, 0.15) is 5.82 Å². The van der Waals surface area contributed by atoms with E-state index in [9.17, 15) is 17.6 Å². The number of nitrogens with zero attached hydrogens (tertiary/aromatic N) is 1. The van der Waals surface area contributed by atoms with Crippen LogP contribution in [0.1, 0.15) is 33.9 Å². The molecule has 1 aliphatic rings. The molecule has 1 heterocycles. The smallest absolute Gasteiger partial charge is 0.252 e. The van der Waals surface area contributed by atoms with Gasteiger partial charge >= 0.3 is 0 Å². The zero-order valence-corrected chi connectivity index (χ0v) is 20.9. The van der Waals surface area contributed by atoms with Gasteiger partial charge in [-0.2, -0.15) is 0 Å². The lowest BCUT2D eigenvalue weighted by molar-refractivity contribution is -0.155. The SMILES string of the molecule is Cc1ccc([C@@H]2N(Cc3ccccc3)C(=O)[C@]2(c2ccc(F)cc2)S(=O)(=O)c2ccc(C)cc2)cc1. The van der Waals surface area contributed by atoms with E-state index < -0.39 is 32.4 Å². The second kappa shape index (κ2) is 9.03. The van der Waals surface area contributed by atoms with Crippen molar-refractivity contribution in [1.29, 1.82) is 0 Å². The van der Waals surface area contributed by atoms with Gasteiger partial charge in [-0.15, -0.1) is 0 Å². The molecule has 0 N–H and O–H groups in total. The summed E-state index contributed by atoms with van der Waals surface area (Å²) in [6.45, 7) is 4.08. The van der Waals surface area contributed by atoms with Crippen LogP contribution in [-0.2, 0) is 25.9 Å². The van der Waals surface area contributed by atoms with Crippen LogP contribution >= 0.6 is 0 Å². The second-order valence-corrected chi connectivity index (χ2v) is 11.4. The minimum atomic E-state index is -4.24. The van der Waals surface area contributed by atoms with Gasteiger partial charge in [0.15, 0.2) is 9.84 Å². The first kappa shape index (κ1) is 23.9. The summed E-state index contributed by atoms with van der Waals surface area (Å²) in [5, 5.41) is 0. The quantitative estimate of drug-likeness (QED) is 0.311. The minimum absolute atomic E-state index is 0.0576. The van der Waals surface area contributed by atoms with E-state index in [1.165, 1.54) is 36.4 Å². The van der Waals surface area contributed by atoms with Crippen LogP contribution in [0.2, 0.25) is 0 Å². The van der Waals surface area contributed by atoms with Crippen molar-refractivity contribution in [3.8, 4) is 0 Å². The summed E-state index contributed by atoms with van der Waals surface area (Å²) in [7, 11) is -4.24.